The van der Waals surface area contributed by atoms with Gasteiger partial charge in [0.25, 0.3) is 0 Å². The molecule has 0 spiro atoms. The summed E-state index contributed by atoms with van der Waals surface area (Å²) in [5.41, 5.74) is 0. The second kappa shape index (κ2) is 93.3. The Bertz CT molecular complexity index is 3030. The Labute approximate surface area is 737 Å². The molecule has 0 aliphatic rings. The van der Waals surface area contributed by atoms with Gasteiger partial charge in [-0.05, 0) is 167 Å². The summed E-state index contributed by atoms with van der Waals surface area (Å²) < 4.78 is 61.6. The van der Waals surface area contributed by atoms with Crippen molar-refractivity contribution in [1.82, 2.24) is 0 Å². The number of allylic oxidation sites excluding steroid dienone is 34. The molecular weight excluding hydrogens is 1560 g/mol. The molecule has 5 atom stereocenters. The first-order valence-electron chi connectivity index (χ1n) is 47.4. The van der Waals surface area contributed by atoms with Crippen molar-refractivity contribution in [3.05, 3.63) is 207 Å². The molecule has 121 heavy (non-hydrogen) atoms. The summed E-state index contributed by atoms with van der Waals surface area (Å²) in [6.07, 6.45) is 126. The SMILES string of the molecule is CC/C=C\C/C=C\C/C=C\C/C=C\C/C=C\C/C=C\CCCCCCCCCCCCCCCCC(=O)OCC(O)COP(=O)(O)OCC(O)COP(=O)(O)OCC(COC(=O)CCCCCCCCCC/C=C\C/C=C\C/C=C\C/C=C\C/C=C\C/C=C\CC)OC(=O)CCCCCCCCCCC/C=C\C/C=C\C/C=C\C/C=C\C/C=C\CC. The molecule has 5 unspecified atom stereocenters. The van der Waals surface area contributed by atoms with Crippen molar-refractivity contribution in [2.75, 3.05) is 39.6 Å². The van der Waals surface area contributed by atoms with Crippen LogP contribution in [0.2, 0.25) is 0 Å². The van der Waals surface area contributed by atoms with Gasteiger partial charge in [0.1, 0.15) is 25.4 Å². The van der Waals surface area contributed by atoms with Crippen LogP contribution in [0.15, 0.2) is 207 Å². The number of aliphatic hydroxyl groups excluding tert-OH is 2. The quantitative estimate of drug-likeness (QED) is 0.0146. The summed E-state index contributed by atoms with van der Waals surface area (Å²) in [5, 5.41) is 20.8. The second-order valence-corrected chi connectivity index (χ2v) is 33.9. The summed E-state index contributed by atoms with van der Waals surface area (Å²) >= 11 is 0. The topological polar surface area (TPSA) is 231 Å². The lowest BCUT2D eigenvalue weighted by atomic mass is 10.0. The molecule has 0 bridgehead atoms. The van der Waals surface area contributed by atoms with E-state index in [2.05, 4.69) is 227 Å². The minimum absolute atomic E-state index is 0.0879. The van der Waals surface area contributed by atoms with Crippen LogP contribution in [0.1, 0.15) is 367 Å². The molecule has 0 fully saturated rings. The van der Waals surface area contributed by atoms with E-state index < -0.39 is 91.5 Å². The molecule has 0 aliphatic heterocycles. The molecule has 0 saturated carbocycles. The van der Waals surface area contributed by atoms with E-state index in [1.54, 1.807) is 0 Å². The number of hydrogen-bond acceptors (Lipinski definition) is 14. The summed E-state index contributed by atoms with van der Waals surface area (Å²) in [5.74, 6) is -1.59. The molecular formula is C103H170O16P2. The van der Waals surface area contributed by atoms with E-state index >= 15 is 0 Å². The van der Waals surface area contributed by atoms with Crippen LogP contribution >= 0.6 is 15.6 Å². The maximum atomic E-state index is 13.1. The van der Waals surface area contributed by atoms with E-state index in [1.807, 2.05) is 0 Å². The highest BCUT2D eigenvalue weighted by atomic mass is 31.2. The van der Waals surface area contributed by atoms with Crippen LogP contribution in [0.25, 0.3) is 0 Å². The average molecular weight is 1730 g/mol. The molecule has 0 saturated heterocycles. The van der Waals surface area contributed by atoms with E-state index in [0.717, 1.165) is 218 Å². The number of phosphoric ester groups is 2. The number of carbonyl (C=O) groups excluding carboxylic acids is 3. The van der Waals surface area contributed by atoms with Crippen molar-refractivity contribution < 1.29 is 75.8 Å². The lowest BCUT2D eigenvalue weighted by molar-refractivity contribution is -0.161. The fourth-order valence-electron chi connectivity index (χ4n) is 12.4. The maximum Gasteiger partial charge on any atom is 0.472 e. The van der Waals surface area contributed by atoms with Gasteiger partial charge in [-0.2, -0.15) is 0 Å². The third kappa shape index (κ3) is 94.6. The Hall–Kier alpha value is -5.87. The van der Waals surface area contributed by atoms with E-state index in [4.69, 9.17) is 32.3 Å². The van der Waals surface area contributed by atoms with Crippen molar-refractivity contribution in [3.8, 4) is 0 Å². The normalized spacial score (nSPS) is 14.7. The molecule has 16 nitrogen and oxygen atoms in total. The number of unbranched alkanes of at least 4 members (excludes halogenated alkanes) is 31. The number of rotatable bonds is 88. The smallest absolute Gasteiger partial charge is 0.463 e. The summed E-state index contributed by atoms with van der Waals surface area (Å²) in [7, 11) is -9.83. The lowest BCUT2D eigenvalue weighted by Crippen LogP contribution is -2.30. The standard InChI is InChI=1S/C103H170O16P2/c1-4-7-10-13-16-19-22-25-28-31-34-37-40-43-45-46-47-48-49-50-52-55-56-59-62-65-68-71-74-77-80-83-86-89-101(106)113-92-98(104)93-115-120(109,110)116-94-99(105)95-117-121(111,112)118-97-100(119-103(108)91-88-85-82-79-76-73-70-67-64-61-58-53-42-39-36-33-30-27-24-21-18-15-12-9-6-3)96-114-102(107)90-87-84-81-78-75-72-69-66-63-60-57-54-51-44-41-38-35-32-29-26-23-20-17-14-11-8-5-2/h7-12,16-21,25-30,34-39,43-45,47-48,51,53,57-58,60,98-100,104-105H,4-6,13-15,22-24,31-33,40-42,46,49-50,52,54-56,59,61-97H2,1-3H3,(H,109,110)(H,111,112)/b10-7-,11-8-,12-9-,19-16-,20-17-,21-18-,28-25-,29-26-,30-27-,37-34-,38-35-,39-36-,45-43-,48-47-,51-44-,58-53-,60-57-. The summed E-state index contributed by atoms with van der Waals surface area (Å²) in [6, 6.07) is 0. The maximum absolute atomic E-state index is 13.1. The Kier molecular flexibility index (Phi) is 88.8. The van der Waals surface area contributed by atoms with Crippen LogP contribution in [0.5, 0.6) is 0 Å². The van der Waals surface area contributed by atoms with Crippen molar-refractivity contribution >= 4 is 33.6 Å². The van der Waals surface area contributed by atoms with Gasteiger partial charge in [-0.1, -0.05) is 388 Å². The monoisotopic (exact) mass is 1730 g/mol. The predicted molar refractivity (Wildman–Crippen MR) is 509 cm³/mol. The van der Waals surface area contributed by atoms with E-state index in [0.29, 0.717) is 19.3 Å². The predicted octanol–water partition coefficient (Wildman–Crippen LogP) is 29.6. The van der Waals surface area contributed by atoms with Crippen LogP contribution in [0, 0.1) is 0 Å². The number of ether oxygens (including phenoxy) is 3. The minimum Gasteiger partial charge on any atom is -0.463 e. The van der Waals surface area contributed by atoms with Gasteiger partial charge in [0.2, 0.25) is 0 Å². The zero-order valence-corrected chi connectivity index (χ0v) is 77.7. The lowest BCUT2D eigenvalue weighted by Gasteiger charge is -2.21. The molecule has 0 radical (unpaired) electrons. The third-order valence-electron chi connectivity index (χ3n) is 19.5. The highest BCUT2D eigenvalue weighted by Crippen LogP contribution is 2.45. The summed E-state index contributed by atoms with van der Waals surface area (Å²) in [4.78, 5) is 59.1. The highest BCUT2D eigenvalue weighted by Gasteiger charge is 2.29. The number of hydrogen-bond donors (Lipinski definition) is 4. The second-order valence-electron chi connectivity index (χ2n) is 31.0. The van der Waals surface area contributed by atoms with Crippen LogP contribution in [-0.4, -0.2) is 95.9 Å². The van der Waals surface area contributed by atoms with E-state index in [1.165, 1.54) is 89.9 Å². The van der Waals surface area contributed by atoms with Crippen molar-refractivity contribution in [3.63, 3.8) is 0 Å². The van der Waals surface area contributed by atoms with Crippen molar-refractivity contribution in [2.45, 2.75) is 386 Å². The van der Waals surface area contributed by atoms with Crippen LogP contribution in [-0.2, 0) is 55.8 Å². The van der Waals surface area contributed by atoms with Gasteiger partial charge in [0, 0.05) is 19.3 Å². The minimum atomic E-state index is -4.95. The molecule has 18 heteroatoms. The first-order chi connectivity index (χ1) is 59.2. The van der Waals surface area contributed by atoms with Crippen molar-refractivity contribution in [1.29, 1.82) is 0 Å². The number of aliphatic hydroxyl groups is 2. The van der Waals surface area contributed by atoms with Crippen LogP contribution < -0.4 is 0 Å². The Balaban J connectivity index is 4.64. The van der Waals surface area contributed by atoms with Gasteiger partial charge in [0.15, 0.2) is 6.10 Å². The van der Waals surface area contributed by atoms with Gasteiger partial charge < -0.3 is 34.2 Å². The molecule has 0 aromatic heterocycles. The molecule has 688 valence electrons. The molecule has 4 N–H and O–H groups in total. The Morgan fingerprint density at radius 1 is 0.231 bits per heavy atom. The van der Waals surface area contributed by atoms with E-state index in [9.17, 15) is 43.5 Å². The molecule has 0 rings (SSSR count). The summed E-state index contributed by atoms with van der Waals surface area (Å²) in [6.45, 7) is 2.35. The Morgan fingerprint density at radius 2 is 0.413 bits per heavy atom. The average Bonchev–Trinajstić information content (AvgIpc) is 0.908. The third-order valence-corrected chi connectivity index (χ3v) is 21.4. The zero-order chi connectivity index (χ0) is 87.9. The number of carbonyl (C=O) groups is 3. The zero-order valence-electron chi connectivity index (χ0n) is 75.9. The molecule has 0 heterocycles. The first-order valence-corrected chi connectivity index (χ1v) is 50.4. The van der Waals surface area contributed by atoms with Gasteiger partial charge in [-0.3, -0.25) is 32.5 Å². The molecule has 0 aromatic rings. The van der Waals surface area contributed by atoms with Crippen LogP contribution in [0.3, 0.4) is 0 Å². The van der Waals surface area contributed by atoms with Gasteiger partial charge in [-0.15, -0.1) is 0 Å². The molecule has 0 aliphatic carbocycles. The van der Waals surface area contributed by atoms with Gasteiger partial charge in [-0.25, -0.2) is 9.13 Å². The largest absolute Gasteiger partial charge is 0.472 e. The first kappa shape index (κ1) is 115. The Morgan fingerprint density at radius 3 is 0.653 bits per heavy atom. The van der Waals surface area contributed by atoms with Gasteiger partial charge in [0.05, 0.1) is 26.4 Å². The number of esters is 3. The van der Waals surface area contributed by atoms with E-state index in [-0.39, 0.29) is 19.3 Å². The molecule has 0 amide bonds. The fraction of sp³-hybridized carbons (Fsp3) is 0.641. The van der Waals surface area contributed by atoms with Crippen LogP contribution in [0.4, 0.5) is 0 Å². The molecule has 0 aromatic carbocycles. The fourth-order valence-corrected chi connectivity index (χ4v) is 14.0. The number of phosphoric acid groups is 2. The van der Waals surface area contributed by atoms with Gasteiger partial charge >= 0.3 is 33.6 Å². The van der Waals surface area contributed by atoms with Crippen molar-refractivity contribution in [2.24, 2.45) is 0 Å². The highest BCUT2D eigenvalue weighted by molar-refractivity contribution is 7.47.